The van der Waals surface area contributed by atoms with Crippen LogP contribution in [0.5, 0.6) is 0 Å². The number of rotatable bonds is 5. The number of nitriles is 1. The number of allylic oxidation sites excluding steroid dienone is 2. The van der Waals surface area contributed by atoms with E-state index in [1.165, 1.54) is 72.3 Å². The zero-order valence-electron chi connectivity index (χ0n) is 24.7. The van der Waals surface area contributed by atoms with Crippen molar-refractivity contribution in [3.8, 4) is 50.6 Å². The van der Waals surface area contributed by atoms with E-state index in [9.17, 15) is 5.26 Å². The lowest BCUT2D eigenvalue weighted by Gasteiger charge is -2.30. The fourth-order valence-electron chi connectivity index (χ4n) is 7.48. The molecule has 0 fully saturated rings. The van der Waals surface area contributed by atoms with Crippen LogP contribution in [0.25, 0.3) is 44.5 Å². The van der Waals surface area contributed by atoms with Crippen molar-refractivity contribution in [1.82, 2.24) is 0 Å². The van der Waals surface area contributed by atoms with Crippen LogP contribution < -0.4 is 0 Å². The van der Waals surface area contributed by atoms with Crippen molar-refractivity contribution in [2.45, 2.75) is 25.2 Å². The van der Waals surface area contributed by atoms with E-state index in [0.29, 0.717) is 0 Å². The van der Waals surface area contributed by atoms with Crippen molar-refractivity contribution < 1.29 is 0 Å². The third kappa shape index (κ3) is 3.85. The van der Waals surface area contributed by atoms with Crippen molar-refractivity contribution in [1.29, 1.82) is 5.26 Å². The molecule has 0 heterocycles. The van der Waals surface area contributed by atoms with Crippen LogP contribution in [0.2, 0.25) is 0 Å². The molecule has 0 unspecified atom stereocenters. The van der Waals surface area contributed by atoms with E-state index in [0.717, 1.165) is 18.4 Å². The number of fused-ring (bicyclic) bond motifs is 10. The quantitative estimate of drug-likeness (QED) is 0.192. The number of nitrogens with zero attached hydrogens (tertiary/aromatic N) is 1. The Hall–Kier alpha value is -5.45. The van der Waals surface area contributed by atoms with Crippen LogP contribution in [0, 0.1) is 11.3 Å². The molecule has 8 rings (SSSR count). The molecule has 2 aliphatic carbocycles. The van der Waals surface area contributed by atoms with Gasteiger partial charge in [-0.25, -0.2) is 0 Å². The predicted molar refractivity (Wildman–Crippen MR) is 181 cm³/mol. The first-order valence-corrected chi connectivity index (χ1v) is 15.4. The maximum absolute atomic E-state index is 9.29. The Morgan fingerprint density at radius 3 is 1.57 bits per heavy atom. The van der Waals surface area contributed by atoms with Crippen molar-refractivity contribution in [2.24, 2.45) is 0 Å². The highest BCUT2D eigenvalue weighted by Gasteiger charge is 2.51. The van der Waals surface area contributed by atoms with E-state index in [-0.39, 0.29) is 5.41 Å². The maximum Gasteiger partial charge on any atom is 0.0943 e. The molecule has 1 heteroatoms. The summed E-state index contributed by atoms with van der Waals surface area (Å²) in [5.41, 5.74) is 17.3. The topological polar surface area (TPSA) is 23.8 Å². The number of hydrogen-bond acceptors (Lipinski definition) is 1. The summed E-state index contributed by atoms with van der Waals surface area (Å²) < 4.78 is 0. The fourth-order valence-corrected chi connectivity index (χ4v) is 7.48. The summed E-state index contributed by atoms with van der Waals surface area (Å²) in [5.74, 6) is 0. The highest BCUT2D eigenvalue weighted by atomic mass is 14.5. The first kappa shape index (κ1) is 26.2. The van der Waals surface area contributed by atoms with Gasteiger partial charge in [0, 0.05) is 5.57 Å². The second kappa shape index (κ2) is 10.4. The third-order valence-corrected chi connectivity index (χ3v) is 9.59. The van der Waals surface area contributed by atoms with E-state index >= 15 is 0 Å². The Morgan fingerprint density at radius 1 is 0.545 bits per heavy atom. The third-order valence-electron chi connectivity index (χ3n) is 9.59. The van der Waals surface area contributed by atoms with Crippen molar-refractivity contribution in [2.75, 3.05) is 0 Å². The van der Waals surface area contributed by atoms with Gasteiger partial charge in [0.05, 0.1) is 11.5 Å². The molecule has 0 atom stereocenters. The second-order valence-electron chi connectivity index (χ2n) is 11.8. The number of benzene rings is 6. The van der Waals surface area contributed by atoms with Crippen LogP contribution in [-0.4, -0.2) is 0 Å². The van der Waals surface area contributed by atoms with Gasteiger partial charge in [-0.3, -0.25) is 0 Å². The molecule has 0 saturated heterocycles. The van der Waals surface area contributed by atoms with Crippen molar-refractivity contribution in [3.63, 3.8) is 0 Å². The van der Waals surface area contributed by atoms with E-state index in [4.69, 9.17) is 0 Å². The molecule has 1 nitrogen and oxygen atoms in total. The summed E-state index contributed by atoms with van der Waals surface area (Å²) in [6.45, 7) is 2.03. The van der Waals surface area contributed by atoms with Crippen LogP contribution in [0.15, 0.2) is 151 Å². The molecule has 0 aliphatic heterocycles. The van der Waals surface area contributed by atoms with E-state index in [1.54, 1.807) is 0 Å². The zero-order valence-corrected chi connectivity index (χ0v) is 24.7. The van der Waals surface area contributed by atoms with Crippen molar-refractivity contribution >= 4 is 0 Å². The van der Waals surface area contributed by atoms with Gasteiger partial charge in [-0.1, -0.05) is 140 Å². The highest BCUT2D eigenvalue weighted by molar-refractivity contribution is 5.97. The van der Waals surface area contributed by atoms with Gasteiger partial charge in [-0.15, -0.1) is 0 Å². The molecule has 0 radical (unpaired) electrons. The lowest BCUT2D eigenvalue weighted by molar-refractivity contribution is 0.794. The first-order chi connectivity index (χ1) is 21.7. The zero-order chi connectivity index (χ0) is 29.7. The van der Waals surface area contributed by atoms with E-state index in [1.807, 2.05) is 13.0 Å². The fraction of sp³-hybridized carbons (Fsp3) is 0.0930. The summed E-state index contributed by atoms with van der Waals surface area (Å²) in [5, 5.41) is 9.29. The SMILES string of the molecule is CC/C(C#N)=C\Cc1ccc(-c2ccc3c(c2)-c2cc(-c4ccccc4)ccc2C32c3ccccc3-c3ccccc32)cc1. The van der Waals surface area contributed by atoms with Gasteiger partial charge in [0.15, 0.2) is 0 Å². The molecule has 6 aromatic rings. The van der Waals surface area contributed by atoms with Crippen LogP contribution in [0.1, 0.15) is 41.2 Å². The summed E-state index contributed by atoms with van der Waals surface area (Å²) >= 11 is 0. The largest absolute Gasteiger partial charge is 0.193 e. The predicted octanol–water partition coefficient (Wildman–Crippen LogP) is 10.8. The van der Waals surface area contributed by atoms with Gasteiger partial charge < -0.3 is 0 Å². The second-order valence-corrected chi connectivity index (χ2v) is 11.8. The molecule has 208 valence electrons. The summed E-state index contributed by atoms with van der Waals surface area (Å²) in [4.78, 5) is 0. The minimum absolute atomic E-state index is 0.348. The standard InChI is InChI=1S/C43H31N/c1-2-29(28-44)16-17-30-18-20-32(21-19-30)34-23-25-42-38(27-34)37-26-33(31-10-4-3-5-11-31)22-24-41(37)43(42)39-14-8-6-12-35(39)36-13-7-9-15-40(36)43/h3-16,18-27H,2,17H2,1H3/b29-16+. The molecule has 44 heavy (non-hydrogen) atoms. The highest BCUT2D eigenvalue weighted by Crippen LogP contribution is 2.63. The maximum atomic E-state index is 9.29. The Bertz CT molecular complexity index is 2080. The lowest BCUT2D eigenvalue weighted by Crippen LogP contribution is -2.25. The minimum atomic E-state index is -0.348. The van der Waals surface area contributed by atoms with Crippen LogP contribution in [-0.2, 0) is 11.8 Å². The van der Waals surface area contributed by atoms with Crippen LogP contribution in [0.3, 0.4) is 0 Å². The molecular formula is C43H31N. The molecule has 1 spiro atoms. The Labute approximate surface area is 259 Å². The van der Waals surface area contributed by atoms with E-state index < -0.39 is 0 Å². The molecule has 6 aromatic carbocycles. The van der Waals surface area contributed by atoms with Gasteiger partial charge in [0.1, 0.15) is 0 Å². The molecule has 0 N–H and O–H groups in total. The minimum Gasteiger partial charge on any atom is -0.193 e. The van der Waals surface area contributed by atoms with Gasteiger partial charge in [0.25, 0.3) is 0 Å². The van der Waals surface area contributed by atoms with Gasteiger partial charge in [-0.2, -0.15) is 5.26 Å². The lowest BCUT2D eigenvalue weighted by atomic mass is 9.70. The number of hydrogen-bond donors (Lipinski definition) is 0. The van der Waals surface area contributed by atoms with Crippen molar-refractivity contribution in [3.05, 3.63) is 179 Å². The molecule has 0 amide bonds. The summed E-state index contributed by atoms with van der Waals surface area (Å²) in [7, 11) is 0. The molecule has 0 bridgehead atoms. The van der Waals surface area contributed by atoms with E-state index in [2.05, 4.69) is 146 Å². The molecule has 0 aromatic heterocycles. The average molecular weight is 562 g/mol. The van der Waals surface area contributed by atoms with Gasteiger partial charge in [0.2, 0.25) is 0 Å². The summed E-state index contributed by atoms with van der Waals surface area (Å²) in [6, 6.07) is 53.9. The molecule has 2 aliphatic rings. The van der Waals surface area contributed by atoms with Crippen LogP contribution >= 0.6 is 0 Å². The Kier molecular flexibility index (Phi) is 6.17. The Balaban J connectivity index is 1.32. The monoisotopic (exact) mass is 561 g/mol. The van der Waals surface area contributed by atoms with Gasteiger partial charge in [-0.05, 0) is 97.3 Å². The smallest absolute Gasteiger partial charge is 0.0943 e. The normalized spacial score (nSPS) is 13.6. The first-order valence-electron chi connectivity index (χ1n) is 15.4. The summed E-state index contributed by atoms with van der Waals surface area (Å²) in [6.07, 6.45) is 3.59. The molecular weight excluding hydrogens is 530 g/mol. The molecule has 0 saturated carbocycles. The van der Waals surface area contributed by atoms with Gasteiger partial charge >= 0.3 is 0 Å². The average Bonchev–Trinajstić information content (AvgIpc) is 3.56. The van der Waals surface area contributed by atoms with Crippen LogP contribution in [0.4, 0.5) is 0 Å². The Morgan fingerprint density at radius 2 is 1.02 bits per heavy atom.